The van der Waals surface area contributed by atoms with Gasteiger partial charge < -0.3 is 17.5 Å². The molecule has 0 aromatic carbocycles. The SMILES string of the molecule is [Cl-].[Mg+2].[O-]CCC(F)(F)F. The van der Waals surface area contributed by atoms with Crippen LogP contribution in [0.2, 0.25) is 0 Å². The monoisotopic (exact) mass is 172 g/mol. The van der Waals surface area contributed by atoms with Gasteiger partial charge in [-0.1, -0.05) is 0 Å². The first kappa shape index (κ1) is 16.4. The predicted molar refractivity (Wildman–Crippen MR) is 21.3 cm³/mol. The Morgan fingerprint density at radius 3 is 1.56 bits per heavy atom. The Balaban J connectivity index is -0.000000180. The number of hydrogen-bond donors (Lipinski definition) is 0. The van der Waals surface area contributed by atoms with E-state index < -0.39 is 19.2 Å². The zero-order chi connectivity index (χ0) is 5.91. The molecule has 0 saturated carbocycles. The van der Waals surface area contributed by atoms with Gasteiger partial charge in [-0.15, -0.1) is 6.61 Å². The van der Waals surface area contributed by atoms with Gasteiger partial charge in [0.2, 0.25) is 0 Å². The molecule has 0 rings (SSSR count). The third-order valence-electron chi connectivity index (χ3n) is 0.386. The Bertz CT molecular complexity index is 57.5. The fourth-order valence-electron chi connectivity index (χ4n) is 0.116. The average Bonchev–Trinajstić information content (AvgIpc) is 1.30. The van der Waals surface area contributed by atoms with Crippen molar-refractivity contribution >= 4 is 23.1 Å². The van der Waals surface area contributed by atoms with Crippen LogP contribution >= 0.6 is 0 Å². The third kappa shape index (κ3) is 17.7. The van der Waals surface area contributed by atoms with Crippen LogP contribution in [-0.2, 0) is 0 Å². The van der Waals surface area contributed by atoms with Gasteiger partial charge in [0.25, 0.3) is 0 Å². The standard InChI is InChI=1S/C3H4F3O.ClH.Mg/c4-3(5,6)1-2-7;;/h1-2H2;1H;/q-1;;+2/p-1. The van der Waals surface area contributed by atoms with Crippen molar-refractivity contribution < 1.29 is 30.7 Å². The van der Waals surface area contributed by atoms with E-state index in [0.717, 1.165) is 0 Å². The Kier molecular flexibility index (Phi) is 12.6. The molecule has 0 aliphatic heterocycles. The number of rotatable bonds is 1. The van der Waals surface area contributed by atoms with E-state index in [-0.39, 0.29) is 35.5 Å². The molecule has 0 amide bonds. The molecular formula is C3H4ClF3MgO. The van der Waals surface area contributed by atoms with E-state index in [1.807, 2.05) is 0 Å². The first-order valence-electron chi connectivity index (χ1n) is 1.71. The van der Waals surface area contributed by atoms with E-state index in [1.54, 1.807) is 0 Å². The number of halogens is 4. The molecule has 1 nitrogen and oxygen atoms in total. The Labute approximate surface area is 73.2 Å². The van der Waals surface area contributed by atoms with Gasteiger partial charge in [-0.3, -0.25) is 0 Å². The summed E-state index contributed by atoms with van der Waals surface area (Å²) in [5.41, 5.74) is 0. The van der Waals surface area contributed by atoms with Crippen LogP contribution < -0.4 is 17.5 Å². The molecule has 0 fully saturated rings. The van der Waals surface area contributed by atoms with Crippen molar-refractivity contribution in [2.24, 2.45) is 0 Å². The number of alkyl halides is 3. The number of hydrogen-bond acceptors (Lipinski definition) is 1. The summed E-state index contributed by atoms with van der Waals surface area (Å²) in [6.07, 6.45) is -5.48. The van der Waals surface area contributed by atoms with Crippen LogP contribution in [0.25, 0.3) is 0 Å². The van der Waals surface area contributed by atoms with Gasteiger partial charge in [-0.2, -0.15) is 13.2 Å². The molecule has 6 heteroatoms. The molecule has 0 heterocycles. The van der Waals surface area contributed by atoms with Crippen LogP contribution in [0.1, 0.15) is 6.42 Å². The third-order valence-corrected chi connectivity index (χ3v) is 0.386. The van der Waals surface area contributed by atoms with Gasteiger partial charge in [0.15, 0.2) is 0 Å². The summed E-state index contributed by atoms with van der Waals surface area (Å²) in [6.45, 7) is -1.07. The maximum absolute atomic E-state index is 10.9. The first-order valence-corrected chi connectivity index (χ1v) is 1.71. The van der Waals surface area contributed by atoms with Crippen molar-refractivity contribution in [2.45, 2.75) is 12.6 Å². The van der Waals surface area contributed by atoms with Gasteiger partial charge in [0.05, 0.1) is 0 Å². The van der Waals surface area contributed by atoms with Crippen LogP contribution in [0.5, 0.6) is 0 Å². The fraction of sp³-hybridized carbons (Fsp3) is 1.00. The summed E-state index contributed by atoms with van der Waals surface area (Å²) in [4.78, 5) is 0. The molecule has 52 valence electrons. The molecule has 0 N–H and O–H groups in total. The normalized spacial score (nSPS) is 9.33. The second kappa shape index (κ2) is 6.92. The van der Waals surface area contributed by atoms with Crippen molar-refractivity contribution in [3.05, 3.63) is 0 Å². The summed E-state index contributed by atoms with van der Waals surface area (Å²) in [7, 11) is 0. The molecule has 0 spiro atoms. The van der Waals surface area contributed by atoms with E-state index >= 15 is 0 Å². The van der Waals surface area contributed by atoms with Crippen molar-refractivity contribution in [3.63, 3.8) is 0 Å². The van der Waals surface area contributed by atoms with Crippen molar-refractivity contribution in [2.75, 3.05) is 6.61 Å². The molecule has 0 saturated heterocycles. The topological polar surface area (TPSA) is 23.1 Å². The predicted octanol–water partition coefficient (Wildman–Crippen LogP) is -3.08. The van der Waals surface area contributed by atoms with Gasteiger partial charge in [0.1, 0.15) is 0 Å². The molecule has 0 unspecified atom stereocenters. The first-order chi connectivity index (χ1) is 3.06. The van der Waals surface area contributed by atoms with Crippen LogP contribution in [0.4, 0.5) is 13.2 Å². The Hall–Kier alpha value is 0.806. The van der Waals surface area contributed by atoms with E-state index in [9.17, 15) is 18.3 Å². The quantitative estimate of drug-likeness (QED) is 0.385. The van der Waals surface area contributed by atoms with Gasteiger partial charge in [-0.25, -0.2) is 0 Å². The van der Waals surface area contributed by atoms with Crippen LogP contribution in [0.3, 0.4) is 0 Å². The van der Waals surface area contributed by atoms with Gasteiger partial charge >= 0.3 is 29.2 Å². The van der Waals surface area contributed by atoms with Crippen molar-refractivity contribution in [1.82, 2.24) is 0 Å². The maximum Gasteiger partial charge on any atom is 2.00 e. The second-order valence-corrected chi connectivity index (χ2v) is 1.07. The van der Waals surface area contributed by atoms with E-state index in [2.05, 4.69) is 0 Å². The zero-order valence-electron chi connectivity index (χ0n) is 4.54. The minimum atomic E-state index is -4.26. The summed E-state index contributed by atoms with van der Waals surface area (Å²) < 4.78 is 32.6. The minimum absolute atomic E-state index is 0. The van der Waals surface area contributed by atoms with Gasteiger partial charge in [0, 0.05) is 6.42 Å². The molecule has 0 aliphatic rings. The average molecular weight is 173 g/mol. The zero-order valence-corrected chi connectivity index (χ0v) is 6.71. The fourth-order valence-corrected chi connectivity index (χ4v) is 0.116. The van der Waals surface area contributed by atoms with Crippen LogP contribution in [0.15, 0.2) is 0 Å². The van der Waals surface area contributed by atoms with Crippen LogP contribution in [0, 0.1) is 0 Å². The molecule has 0 radical (unpaired) electrons. The summed E-state index contributed by atoms with van der Waals surface area (Å²) in [6, 6.07) is 0. The summed E-state index contributed by atoms with van der Waals surface area (Å²) in [5, 5.41) is 9.23. The summed E-state index contributed by atoms with van der Waals surface area (Å²) >= 11 is 0. The van der Waals surface area contributed by atoms with E-state index in [4.69, 9.17) is 0 Å². The molecule has 0 atom stereocenters. The second-order valence-electron chi connectivity index (χ2n) is 1.07. The Morgan fingerprint density at radius 1 is 1.22 bits per heavy atom. The molecule has 9 heavy (non-hydrogen) atoms. The molecule has 0 bridgehead atoms. The van der Waals surface area contributed by atoms with Crippen molar-refractivity contribution in [1.29, 1.82) is 0 Å². The smallest absolute Gasteiger partial charge is 1.00 e. The van der Waals surface area contributed by atoms with Gasteiger partial charge in [-0.05, 0) is 0 Å². The Morgan fingerprint density at radius 2 is 1.56 bits per heavy atom. The maximum atomic E-state index is 10.9. The molecule has 0 aromatic heterocycles. The summed E-state index contributed by atoms with van der Waals surface area (Å²) in [5.74, 6) is 0. The largest absolute Gasteiger partial charge is 2.00 e. The van der Waals surface area contributed by atoms with Crippen molar-refractivity contribution in [3.8, 4) is 0 Å². The van der Waals surface area contributed by atoms with E-state index in [1.165, 1.54) is 0 Å². The molecule has 0 aliphatic carbocycles. The molecule has 0 aromatic rings. The molecular weight excluding hydrogens is 169 g/mol. The van der Waals surface area contributed by atoms with E-state index in [0.29, 0.717) is 0 Å². The minimum Gasteiger partial charge on any atom is -1.00 e. The van der Waals surface area contributed by atoms with Crippen LogP contribution in [-0.4, -0.2) is 35.8 Å².